The molecular formula is C19H20O7S2. The predicted molar refractivity (Wildman–Crippen MR) is 103 cm³/mol. The Labute approximate surface area is 164 Å². The second-order valence-corrected chi connectivity index (χ2v) is 11.1. The van der Waals surface area contributed by atoms with Gasteiger partial charge < -0.3 is 9.47 Å². The molecular weight excluding hydrogens is 404 g/mol. The summed E-state index contributed by atoms with van der Waals surface area (Å²) in [6.07, 6.45) is -0.654. The lowest BCUT2D eigenvalue weighted by Gasteiger charge is -2.33. The van der Waals surface area contributed by atoms with Gasteiger partial charge in [0.2, 0.25) is 0 Å². The van der Waals surface area contributed by atoms with Crippen LogP contribution in [0.5, 0.6) is 11.5 Å². The molecule has 2 aromatic rings. The normalized spacial score (nSPS) is 18.2. The molecule has 0 radical (unpaired) electrons. The molecule has 1 aliphatic rings. The second kappa shape index (κ2) is 7.56. The van der Waals surface area contributed by atoms with Crippen LogP contribution >= 0.6 is 0 Å². The van der Waals surface area contributed by atoms with Crippen LogP contribution in [0.15, 0.2) is 59.5 Å². The second-order valence-electron chi connectivity index (χ2n) is 6.53. The Morgan fingerprint density at radius 3 is 2.00 bits per heavy atom. The van der Waals surface area contributed by atoms with Crippen molar-refractivity contribution in [3.8, 4) is 11.5 Å². The van der Waals surface area contributed by atoms with Gasteiger partial charge in [-0.25, -0.2) is 16.8 Å². The summed E-state index contributed by atoms with van der Waals surface area (Å²) < 4.78 is 58.5. The van der Waals surface area contributed by atoms with E-state index in [0.717, 1.165) is 7.11 Å². The molecule has 3 rings (SSSR count). The maximum absolute atomic E-state index is 13.3. The number of hydrogen-bond donors (Lipinski definition) is 0. The average Bonchev–Trinajstić information content (AvgIpc) is 2.68. The minimum atomic E-state index is -4.17. The number of ether oxygens (including phenoxy) is 2. The molecule has 28 heavy (non-hydrogen) atoms. The first kappa shape index (κ1) is 20.3. The number of para-hydroxylation sites is 1. The summed E-state index contributed by atoms with van der Waals surface area (Å²) in [4.78, 5) is 12.3. The van der Waals surface area contributed by atoms with Gasteiger partial charge in [-0.3, -0.25) is 4.79 Å². The van der Waals surface area contributed by atoms with Gasteiger partial charge in [0.15, 0.2) is 14.6 Å². The van der Waals surface area contributed by atoms with E-state index in [9.17, 15) is 21.6 Å². The average molecular weight is 424 g/mol. The monoisotopic (exact) mass is 424 g/mol. The van der Waals surface area contributed by atoms with E-state index in [2.05, 4.69) is 0 Å². The summed E-state index contributed by atoms with van der Waals surface area (Å²) in [5.41, 5.74) is 0. The Morgan fingerprint density at radius 1 is 0.929 bits per heavy atom. The first-order valence-electron chi connectivity index (χ1n) is 8.57. The molecule has 1 heterocycles. The highest BCUT2D eigenvalue weighted by molar-refractivity contribution is 7.94. The first-order chi connectivity index (χ1) is 13.2. The van der Waals surface area contributed by atoms with E-state index in [1.54, 1.807) is 12.1 Å². The van der Waals surface area contributed by atoms with Crippen LogP contribution in [-0.2, 0) is 29.2 Å². The zero-order valence-corrected chi connectivity index (χ0v) is 16.8. The third-order valence-corrected chi connectivity index (χ3v) is 8.97. The lowest BCUT2D eigenvalue weighted by atomic mass is 10.0. The highest BCUT2D eigenvalue weighted by atomic mass is 32.2. The SMILES string of the molecule is COC(=O)C1(S(=O)(=O)c2ccc(Oc3ccccc3)cc2)CCS(=O)(=O)CC1. The third kappa shape index (κ3) is 3.77. The molecule has 9 heteroatoms. The van der Waals surface area contributed by atoms with Crippen LogP contribution in [0, 0.1) is 0 Å². The molecule has 0 aliphatic carbocycles. The Hall–Kier alpha value is -2.39. The van der Waals surface area contributed by atoms with Crippen molar-refractivity contribution in [1.29, 1.82) is 0 Å². The fourth-order valence-corrected chi connectivity index (χ4v) is 6.94. The van der Waals surface area contributed by atoms with Crippen molar-refractivity contribution in [2.24, 2.45) is 0 Å². The van der Waals surface area contributed by atoms with E-state index in [-0.39, 0.29) is 29.2 Å². The van der Waals surface area contributed by atoms with Gasteiger partial charge in [-0.2, -0.15) is 0 Å². The summed E-state index contributed by atoms with van der Waals surface area (Å²) in [5, 5.41) is 0. The van der Waals surface area contributed by atoms with Gasteiger partial charge in [0.25, 0.3) is 0 Å². The highest BCUT2D eigenvalue weighted by Gasteiger charge is 2.55. The highest BCUT2D eigenvalue weighted by Crippen LogP contribution is 2.38. The summed E-state index contributed by atoms with van der Waals surface area (Å²) in [6, 6.07) is 14.7. The summed E-state index contributed by atoms with van der Waals surface area (Å²) in [6.45, 7) is 0. The Morgan fingerprint density at radius 2 is 1.46 bits per heavy atom. The van der Waals surface area contributed by atoms with Crippen LogP contribution in [-0.4, -0.2) is 46.2 Å². The van der Waals surface area contributed by atoms with Gasteiger partial charge in [0.05, 0.1) is 23.5 Å². The minimum absolute atomic E-state index is 0.0855. The molecule has 7 nitrogen and oxygen atoms in total. The number of carbonyl (C=O) groups excluding carboxylic acids is 1. The molecule has 0 spiro atoms. The number of esters is 1. The molecule has 0 N–H and O–H groups in total. The van der Waals surface area contributed by atoms with Crippen molar-refractivity contribution in [2.75, 3.05) is 18.6 Å². The fraction of sp³-hybridized carbons (Fsp3) is 0.316. The summed E-state index contributed by atoms with van der Waals surface area (Å²) in [7, 11) is -6.44. The zero-order valence-electron chi connectivity index (χ0n) is 15.2. The molecule has 0 aromatic heterocycles. The predicted octanol–water partition coefficient (Wildman–Crippen LogP) is 2.37. The topological polar surface area (TPSA) is 104 Å². The molecule has 0 unspecified atom stereocenters. The van der Waals surface area contributed by atoms with Crippen molar-refractivity contribution < 1.29 is 31.1 Å². The molecule has 0 bridgehead atoms. The lowest BCUT2D eigenvalue weighted by Crippen LogP contribution is -2.52. The van der Waals surface area contributed by atoms with Gasteiger partial charge in [0.1, 0.15) is 21.3 Å². The maximum Gasteiger partial charge on any atom is 0.327 e. The van der Waals surface area contributed by atoms with Crippen molar-refractivity contribution in [1.82, 2.24) is 0 Å². The van der Waals surface area contributed by atoms with E-state index < -0.39 is 30.4 Å². The Balaban J connectivity index is 1.92. The van der Waals surface area contributed by atoms with E-state index in [1.807, 2.05) is 18.2 Å². The van der Waals surface area contributed by atoms with Crippen molar-refractivity contribution in [2.45, 2.75) is 22.5 Å². The quantitative estimate of drug-likeness (QED) is 0.679. The number of hydrogen-bond acceptors (Lipinski definition) is 7. The molecule has 0 amide bonds. The molecule has 1 saturated heterocycles. The lowest BCUT2D eigenvalue weighted by molar-refractivity contribution is -0.144. The van der Waals surface area contributed by atoms with Crippen LogP contribution < -0.4 is 4.74 Å². The summed E-state index contributed by atoms with van der Waals surface area (Å²) >= 11 is 0. The Kier molecular flexibility index (Phi) is 5.49. The fourth-order valence-electron chi connectivity index (χ4n) is 3.17. The third-order valence-electron chi connectivity index (χ3n) is 4.82. The minimum Gasteiger partial charge on any atom is -0.468 e. The van der Waals surface area contributed by atoms with Gasteiger partial charge in [-0.15, -0.1) is 0 Å². The number of sulfone groups is 2. The van der Waals surface area contributed by atoms with Gasteiger partial charge in [-0.05, 0) is 49.2 Å². The molecule has 2 aromatic carbocycles. The zero-order chi connectivity index (χ0) is 20.4. The maximum atomic E-state index is 13.3. The van der Waals surface area contributed by atoms with Crippen LogP contribution in [0.2, 0.25) is 0 Å². The van der Waals surface area contributed by atoms with Gasteiger partial charge in [-0.1, -0.05) is 18.2 Å². The van der Waals surface area contributed by atoms with Crippen LogP contribution in [0.4, 0.5) is 0 Å². The molecule has 0 saturated carbocycles. The van der Waals surface area contributed by atoms with Crippen molar-refractivity contribution in [3.05, 3.63) is 54.6 Å². The first-order valence-corrected chi connectivity index (χ1v) is 11.9. The van der Waals surface area contributed by atoms with Crippen LogP contribution in [0.25, 0.3) is 0 Å². The largest absolute Gasteiger partial charge is 0.468 e. The van der Waals surface area contributed by atoms with E-state index in [1.165, 1.54) is 24.3 Å². The molecule has 150 valence electrons. The van der Waals surface area contributed by atoms with E-state index in [4.69, 9.17) is 9.47 Å². The van der Waals surface area contributed by atoms with E-state index >= 15 is 0 Å². The van der Waals surface area contributed by atoms with Gasteiger partial charge >= 0.3 is 5.97 Å². The number of carbonyl (C=O) groups is 1. The molecule has 1 fully saturated rings. The number of methoxy groups -OCH3 is 1. The van der Waals surface area contributed by atoms with Crippen molar-refractivity contribution >= 4 is 25.6 Å². The van der Waals surface area contributed by atoms with Crippen molar-refractivity contribution in [3.63, 3.8) is 0 Å². The van der Waals surface area contributed by atoms with E-state index in [0.29, 0.717) is 11.5 Å². The standard InChI is InChI=1S/C19H20O7S2/c1-25-18(20)19(11-13-27(21,22)14-12-19)28(23,24)17-9-7-16(8-10-17)26-15-5-3-2-4-6-15/h2-10H,11-14H2,1H3. The number of rotatable bonds is 5. The van der Waals surface area contributed by atoms with Crippen LogP contribution in [0.1, 0.15) is 12.8 Å². The van der Waals surface area contributed by atoms with Gasteiger partial charge in [0, 0.05) is 0 Å². The number of benzene rings is 2. The smallest absolute Gasteiger partial charge is 0.327 e. The van der Waals surface area contributed by atoms with Crippen LogP contribution in [0.3, 0.4) is 0 Å². The molecule has 0 atom stereocenters. The Bertz CT molecular complexity index is 1040. The molecule has 1 aliphatic heterocycles. The summed E-state index contributed by atoms with van der Waals surface area (Å²) in [5.74, 6) is -0.662.